The van der Waals surface area contributed by atoms with E-state index in [0.29, 0.717) is 22.8 Å². The molecule has 5 nitrogen and oxygen atoms in total. The third kappa shape index (κ3) is 2.40. The monoisotopic (exact) mass is 242 g/mol. The molecule has 1 heterocycles. The van der Waals surface area contributed by atoms with E-state index in [0.717, 1.165) is 0 Å². The smallest absolute Gasteiger partial charge is 0.259 e. The number of hydrogen-bond donors (Lipinski definition) is 2. The first kappa shape index (κ1) is 11.9. The molecule has 0 saturated carbocycles. The quantitative estimate of drug-likeness (QED) is 0.782. The maximum Gasteiger partial charge on any atom is 0.259 e. The van der Waals surface area contributed by atoms with Gasteiger partial charge in [0.1, 0.15) is 5.82 Å². The van der Waals surface area contributed by atoms with Crippen LogP contribution in [0, 0.1) is 0 Å². The summed E-state index contributed by atoms with van der Waals surface area (Å²) in [5, 5.41) is 0. The summed E-state index contributed by atoms with van der Waals surface area (Å²) in [6.07, 6.45) is 1.63. The van der Waals surface area contributed by atoms with Crippen LogP contribution in [0.3, 0.4) is 0 Å². The molecule has 0 bridgehead atoms. The molecule has 4 N–H and O–H groups in total. The molecule has 0 aliphatic rings. The first-order chi connectivity index (χ1) is 8.58. The number of hydrogen-bond acceptors (Lipinski definition) is 4. The first-order valence-corrected chi connectivity index (χ1v) is 5.43. The second kappa shape index (κ2) is 4.75. The number of aromatic nitrogens is 1. The van der Waals surface area contributed by atoms with Gasteiger partial charge in [0, 0.05) is 30.2 Å². The number of nitrogens with two attached hydrogens (primary N) is 2. The Labute approximate surface area is 105 Å². The van der Waals surface area contributed by atoms with Gasteiger partial charge in [-0.1, -0.05) is 6.07 Å². The zero-order valence-corrected chi connectivity index (χ0v) is 10.00. The van der Waals surface area contributed by atoms with Crippen LogP contribution in [0.1, 0.15) is 10.4 Å². The molecule has 0 aliphatic carbocycles. The fourth-order valence-corrected chi connectivity index (χ4v) is 1.65. The lowest BCUT2D eigenvalue weighted by Gasteiger charge is -2.16. The van der Waals surface area contributed by atoms with Crippen LogP contribution in [-0.4, -0.2) is 17.9 Å². The Hall–Kier alpha value is -2.56. The van der Waals surface area contributed by atoms with Crippen LogP contribution in [0.2, 0.25) is 0 Å². The van der Waals surface area contributed by atoms with E-state index >= 15 is 0 Å². The summed E-state index contributed by atoms with van der Waals surface area (Å²) < 4.78 is 0. The minimum Gasteiger partial charge on any atom is -0.399 e. The molecule has 1 aromatic carbocycles. The Morgan fingerprint density at radius 1 is 1.17 bits per heavy atom. The number of amides is 1. The first-order valence-electron chi connectivity index (χ1n) is 5.43. The molecule has 0 radical (unpaired) electrons. The molecule has 0 atom stereocenters. The largest absolute Gasteiger partial charge is 0.399 e. The van der Waals surface area contributed by atoms with E-state index in [4.69, 9.17) is 11.5 Å². The van der Waals surface area contributed by atoms with Crippen LogP contribution >= 0.6 is 0 Å². The van der Waals surface area contributed by atoms with E-state index in [1.54, 1.807) is 43.6 Å². The van der Waals surface area contributed by atoms with Gasteiger partial charge in [-0.05, 0) is 30.3 Å². The lowest BCUT2D eigenvalue weighted by atomic mass is 10.1. The highest BCUT2D eigenvalue weighted by molar-refractivity contribution is 6.06. The van der Waals surface area contributed by atoms with Crippen molar-refractivity contribution in [2.45, 2.75) is 0 Å². The number of carbonyl (C=O) groups is 1. The minimum absolute atomic E-state index is 0.201. The van der Waals surface area contributed by atoms with Crippen LogP contribution in [0.25, 0.3) is 0 Å². The minimum atomic E-state index is -0.201. The number of nitrogens with zero attached hydrogens (tertiary/aromatic N) is 2. The topological polar surface area (TPSA) is 85.2 Å². The highest BCUT2D eigenvalue weighted by atomic mass is 16.2. The Kier molecular flexibility index (Phi) is 3.14. The van der Waals surface area contributed by atoms with Gasteiger partial charge in [-0.3, -0.25) is 9.69 Å². The zero-order valence-electron chi connectivity index (χ0n) is 10.00. The van der Waals surface area contributed by atoms with Crippen molar-refractivity contribution in [2.75, 3.05) is 23.4 Å². The summed E-state index contributed by atoms with van der Waals surface area (Å²) in [4.78, 5) is 17.8. The zero-order chi connectivity index (χ0) is 13.1. The number of rotatable bonds is 2. The van der Waals surface area contributed by atoms with Crippen LogP contribution in [0.4, 0.5) is 17.2 Å². The normalized spacial score (nSPS) is 10.1. The number of nitrogen functional groups attached to an aromatic ring is 2. The van der Waals surface area contributed by atoms with Gasteiger partial charge in [0.25, 0.3) is 5.91 Å². The molecule has 0 aliphatic heterocycles. The second-order valence-electron chi connectivity index (χ2n) is 3.94. The van der Waals surface area contributed by atoms with E-state index in [1.807, 2.05) is 6.07 Å². The molecule has 92 valence electrons. The molecule has 0 unspecified atom stereocenters. The number of pyridine rings is 1. The molecule has 1 aromatic heterocycles. The Morgan fingerprint density at radius 2 is 1.83 bits per heavy atom. The molecule has 2 rings (SSSR count). The summed E-state index contributed by atoms with van der Waals surface area (Å²) in [5.41, 5.74) is 12.7. The van der Waals surface area contributed by atoms with Crippen molar-refractivity contribution in [3.05, 3.63) is 48.2 Å². The number of benzene rings is 1. The van der Waals surface area contributed by atoms with Crippen LogP contribution < -0.4 is 16.4 Å². The standard InChI is InChI=1S/C13H14N4O/c1-17(12-4-2-3-5-16-12)13(18)9-6-10(14)8-11(15)7-9/h2-8H,14-15H2,1H3. The highest BCUT2D eigenvalue weighted by Gasteiger charge is 2.14. The summed E-state index contributed by atoms with van der Waals surface area (Å²) in [5.74, 6) is 0.371. The average molecular weight is 242 g/mol. The van der Waals surface area contributed by atoms with Crippen molar-refractivity contribution < 1.29 is 4.79 Å². The molecular weight excluding hydrogens is 228 g/mol. The van der Waals surface area contributed by atoms with Gasteiger partial charge < -0.3 is 11.5 Å². The van der Waals surface area contributed by atoms with Gasteiger partial charge in [0.05, 0.1) is 0 Å². The summed E-state index contributed by atoms with van der Waals surface area (Å²) in [6.45, 7) is 0. The Morgan fingerprint density at radius 3 is 2.39 bits per heavy atom. The molecule has 0 saturated heterocycles. The number of carbonyl (C=O) groups excluding carboxylic acids is 1. The maximum atomic E-state index is 12.2. The third-order valence-corrected chi connectivity index (χ3v) is 2.52. The molecular formula is C13H14N4O. The third-order valence-electron chi connectivity index (χ3n) is 2.52. The van der Waals surface area contributed by atoms with Crippen molar-refractivity contribution in [3.63, 3.8) is 0 Å². The van der Waals surface area contributed by atoms with Gasteiger partial charge in [-0.2, -0.15) is 0 Å². The van der Waals surface area contributed by atoms with Gasteiger partial charge in [-0.25, -0.2) is 4.98 Å². The molecule has 0 fully saturated rings. The van der Waals surface area contributed by atoms with E-state index in [-0.39, 0.29) is 5.91 Å². The maximum absolute atomic E-state index is 12.2. The van der Waals surface area contributed by atoms with Crippen molar-refractivity contribution in [1.29, 1.82) is 0 Å². The lowest BCUT2D eigenvalue weighted by Crippen LogP contribution is -2.27. The van der Waals surface area contributed by atoms with Gasteiger partial charge in [0.15, 0.2) is 0 Å². The fraction of sp³-hybridized carbons (Fsp3) is 0.0769. The molecule has 2 aromatic rings. The predicted octanol–water partition coefficient (Wildman–Crippen LogP) is 1.52. The van der Waals surface area contributed by atoms with Crippen molar-refractivity contribution in [3.8, 4) is 0 Å². The SMILES string of the molecule is CN(C(=O)c1cc(N)cc(N)c1)c1ccccn1. The Bertz CT molecular complexity index is 548. The van der Waals surface area contributed by atoms with Gasteiger partial charge in [0.2, 0.25) is 0 Å². The van der Waals surface area contributed by atoms with Crippen molar-refractivity contribution in [2.24, 2.45) is 0 Å². The lowest BCUT2D eigenvalue weighted by molar-refractivity contribution is 0.0992. The van der Waals surface area contributed by atoms with E-state index < -0.39 is 0 Å². The Balaban J connectivity index is 2.31. The van der Waals surface area contributed by atoms with E-state index in [9.17, 15) is 4.79 Å². The van der Waals surface area contributed by atoms with E-state index in [1.165, 1.54) is 4.90 Å². The van der Waals surface area contributed by atoms with Crippen molar-refractivity contribution in [1.82, 2.24) is 4.98 Å². The molecule has 1 amide bonds. The van der Waals surface area contributed by atoms with Crippen LogP contribution in [-0.2, 0) is 0 Å². The summed E-state index contributed by atoms with van der Waals surface area (Å²) >= 11 is 0. The van der Waals surface area contributed by atoms with Crippen LogP contribution in [0.15, 0.2) is 42.6 Å². The molecule has 0 spiro atoms. The second-order valence-corrected chi connectivity index (χ2v) is 3.94. The van der Waals surface area contributed by atoms with E-state index in [2.05, 4.69) is 4.98 Å². The number of anilines is 3. The fourth-order valence-electron chi connectivity index (χ4n) is 1.65. The molecule has 5 heteroatoms. The van der Waals surface area contributed by atoms with Crippen molar-refractivity contribution >= 4 is 23.1 Å². The summed E-state index contributed by atoms with van der Waals surface area (Å²) in [7, 11) is 1.66. The summed E-state index contributed by atoms with van der Waals surface area (Å²) in [6, 6.07) is 10.2. The van der Waals surface area contributed by atoms with Gasteiger partial charge in [-0.15, -0.1) is 0 Å². The van der Waals surface area contributed by atoms with Gasteiger partial charge >= 0.3 is 0 Å². The highest BCUT2D eigenvalue weighted by Crippen LogP contribution is 2.17. The molecule has 18 heavy (non-hydrogen) atoms. The van der Waals surface area contributed by atoms with Crippen LogP contribution in [0.5, 0.6) is 0 Å². The predicted molar refractivity (Wildman–Crippen MR) is 72.2 cm³/mol. The average Bonchev–Trinajstić information content (AvgIpc) is 2.37.